The van der Waals surface area contributed by atoms with Crippen LogP contribution in [0.25, 0.3) is 43.1 Å². The average molecular weight is 631 g/mol. The lowest BCUT2D eigenvalue weighted by atomic mass is 10.00. The fourth-order valence-corrected chi connectivity index (χ4v) is 14.8. The van der Waals surface area contributed by atoms with Crippen LogP contribution in [0.3, 0.4) is 0 Å². The van der Waals surface area contributed by atoms with Crippen molar-refractivity contribution in [3.63, 3.8) is 0 Å². The van der Waals surface area contributed by atoms with E-state index < -0.39 is 17.1 Å². The van der Waals surface area contributed by atoms with E-state index in [1.807, 2.05) is 0 Å². The van der Waals surface area contributed by atoms with Gasteiger partial charge in [-0.15, -0.1) is 0 Å². The largest absolute Gasteiger partial charge is 0.520 e. The molecule has 0 aliphatic rings. The van der Waals surface area contributed by atoms with Crippen molar-refractivity contribution in [3.8, 4) is 11.5 Å². The van der Waals surface area contributed by atoms with E-state index in [1.165, 1.54) is 54.2 Å². The van der Waals surface area contributed by atoms with Gasteiger partial charge < -0.3 is 13.0 Å². The fraction of sp³-hybridized carbons (Fsp3) is 0.300. The van der Waals surface area contributed by atoms with Gasteiger partial charge in [-0.05, 0) is 105 Å². The summed E-state index contributed by atoms with van der Waals surface area (Å²) in [7, 11) is -5.50. The number of aryl methyl sites for hydroxylation is 2. The Morgan fingerprint density at radius 3 is 1.11 bits per heavy atom. The van der Waals surface area contributed by atoms with Crippen molar-refractivity contribution in [1.82, 2.24) is 0 Å². The molecule has 0 atom stereocenters. The third kappa shape index (κ3) is 5.89. The van der Waals surface area contributed by atoms with E-state index in [2.05, 4.69) is 139 Å². The second-order valence-electron chi connectivity index (χ2n) is 12.2. The Labute approximate surface area is 270 Å². The van der Waals surface area contributed by atoms with Gasteiger partial charge in [0, 0.05) is 10.8 Å². The number of rotatable bonds is 12. The first-order valence-electron chi connectivity index (χ1n) is 16.9. The Hall–Kier alpha value is -3.65. The Morgan fingerprint density at radius 2 is 0.778 bits per heavy atom. The van der Waals surface area contributed by atoms with Crippen molar-refractivity contribution < 1.29 is 13.0 Å². The Kier molecular flexibility index (Phi) is 9.05. The van der Waals surface area contributed by atoms with Gasteiger partial charge in [-0.2, -0.15) is 0 Å². The molecule has 0 aliphatic heterocycles. The molecule has 45 heavy (non-hydrogen) atoms. The van der Waals surface area contributed by atoms with Gasteiger partial charge >= 0.3 is 17.1 Å². The number of fused-ring (bicyclic) bond motifs is 4. The molecule has 0 heterocycles. The Balaban J connectivity index is 1.45. The molecule has 0 unspecified atom stereocenters. The SMILES string of the molecule is CCc1ccc2cc3ccccc3cc2c1O[Si](CC)(CC)O[Si](CC)(CC)Oc1c(CC)ccc2cc3ccccc3cc12. The molecule has 6 aromatic rings. The monoisotopic (exact) mass is 630 g/mol. The zero-order valence-electron chi connectivity index (χ0n) is 27.7. The minimum atomic E-state index is -2.75. The highest BCUT2D eigenvalue weighted by Gasteiger charge is 2.49. The molecule has 0 radical (unpaired) electrons. The molecule has 0 spiro atoms. The Bertz CT molecular complexity index is 1830. The van der Waals surface area contributed by atoms with Crippen LogP contribution in [-0.4, -0.2) is 17.1 Å². The lowest BCUT2D eigenvalue weighted by molar-refractivity contribution is 0.311. The van der Waals surface area contributed by atoms with Gasteiger partial charge in [0.25, 0.3) is 0 Å². The van der Waals surface area contributed by atoms with Crippen molar-refractivity contribution >= 4 is 60.2 Å². The quantitative estimate of drug-likeness (QED) is 0.0994. The molecule has 6 aromatic carbocycles. The topological polar surface area (TPSA) is 27.7 Å². The number of benzene rings is 6. The minimum Gasteiger partial charge on any atom is -0.520 e. The summed E-state index contributed by atoms with van der Waals surface area (Å²) >= 11 is 0. The zero-order valence-corrected chi connectivity index (χ0v) is 29.7. The molecule has 0 bridgehead atoms. The van der Waals surface area contributed by atoms with E-state index in [9.17, 15) is 0 Å². The van der Waals surface area contributed by atoms with Crippen molar-refractivity contribution in [1.29, 1.82) is 0 Å². The fourth-order valence-electron chi connectivity index (χ4n) is 6.69. The van der Waals surface area contributed by atoms with Crippen molar-refractivity contribution in [2.45, 2.75) is 78.6 Å². The summed E-state index contributed by atoms with van der Waals surface area (Å²) in [5.74, 6) is 1.99. The molecule has 0 amide bonds. The van der Waals surface area contributed by atoms with Crippen LogP contribution in [0.15, 0.2) is 97.1 Å². The van der Waals surface area contributed by atoms with E-state index >= 15 is 0 Å². The smallest absolute Gasteiger partial charge is 0.390 e. The summed E-state index contributed by atoms with van der Waals surface area (Å²) in [5, 5.41) is 9.71. The lowest BCUT2D eigenvalue weighted by Crippen LogP contribution is -2.57. The molecular formula is C40H46O3Si2. The molecule has 0 saturated carbocycles. The highest BCUT2D eigenvalue weighted by Crippen LogP contribution is 2.41. The summed E-state index contributed by atoms with van der Waals surface area (Å²) in [6, 6.07) is 38.8. The highest BCUT2D eigenvalue weighted by molar-refractivity contribution is 6.82. The van der Waals surface area contributed by atoms with E-state index in [-0.39, 0.29) is 0 Å². The zero-order chi connectivity index (χ0) is 31.6. The van der Waals surface area contributed by atoms with Crippen LogP contribution >= 0.6 is 0 Å². The average Bonchev–Trinajstić information content (AvgIpc) is 3.09. The molecule has 6 rings (SSSR count). The molecule has 0 aliphatic carbocycles. The standard InChI is InChI=1S/C40H46O3Si2/c1-7-29-21-23-35-25-31-17-13-15-19-33(31)27-37(35)39(29)41-44(9-3,10-4)43-45(11-5,12-6)42-40-30(8-2)22-24-36-26-32-18-14-16-20-34(32)28-38(36)40/h13-28H,7-12H2,1-6H3. The summed E-state index contributed by atoms with van der Waals surface area (Å²) in [6.45, 7) is 13.4. The van der Waals surface area contributed by atoms with Crippen molar-refractivity contribution in [2.24, 2.45) is 0 Å². The molecule has 0 N–H and O–H groups in total. The van der Waals surface area contributed by atoms with Crippen LogP contribution in [0.2, 0.25) is 24.2 Å². The van der Waals surface area contributed by atoms with Crippen LogP contribution in [0.1, 0.15) is 52.7 Å². The highest BCUT2D eigenvalue weighted by atomic mass is 28.5. The van der Waals surface area contributed by atoms with Gasteiger partial charge in [0.15, 0.2) is 0 Å². The summed E-state index contributed by atoms with van der Waals surface area (Å²) in [5.41, 5.74) is 2.46. The number of hydrogen-bond acceptors (Lipinski definition) is 3. The van der Waals surface area contributed by atoms with Crippen molar-refractivity contribution in [3.05, 3.63) is 108 Å². The lowest BCUT2D eigenvalue weighted by Gasteiger charge is -2.40. The maximum Gasteiger partial charge on any atom is 0.390 e. The van der Waals surface area contributed by atoms with Crippen LogP contribution in [0.4, 0.5) is 0 Å². The maximum atomic E-state index is 7.54. The predicted molar refractivity (Wildman–Crippen MR) is 197 cm³/mol. The third-order valence-corrected chi connectivity index (χ3v) is 18.1. The molecular weight excluding hydrogens is 585 g/mol. The molecule has 0 fully saturated rings. The van der Waals surface area contributed by atoms with Gasteiger partial charge in [0.05, 0.1) is 0 Å². The van der Waals surface area contributed by atoms with Gasteiger partial charge in [-0.1, -0.05) is 114 Å². The normalized spacial score (nSPS) is 12.4. The van der Waals surface area contributed by atoms with Crippen molar-refractivity contribution in [2.75, 3.05) is 0 Å². The van der Waals surface area contributed by atoms with Crippen LogP contribution in [0, 0.1) is 0 Å². The second-order valence-corrected chi connectivity index (χ2v) is 19.9. The Morgan fingerprint density at radius 1 is 0.422 bits per heavy atom. The predicted octanol–water partition coefficient (Wildman–Crippen LogP) is 11.9. The first kappa shape index (κ1) is 31.3. The van der Waals surface area contributed by atoms with Gasteiger partial charge in [-0.25, -0.2) is 0 Å². The van der Waals surface area contributed by atoms with Gasteiger partial charge in [0.2, 0.25) is 0 Å². The van der Waals surface area contributed by atoms with E-state index in [1.54, 1.807) is 0 Å². The molecule has 232 valence electrons. The summed E-state index contributed by atoms with van der Waals surface area (Å²) in [4.78, 5) is 0. The van der Waals surface area contributed by atoms with E-state index in [0.717, 1.165) is 48.5 Å². The van der Waals surface area contributed by atoms with Gasteiger partial charge in [0.1, 0.15) is 11.5 Å². The van der Waals surface area contributed by atoms with Gasteiger partial charge in [-0.3, -0.25) is 0 Å². The molecule has 0 aromatic heterocycles. The van der Waals surface area contributed by atoms with E-state index in [0.29, 0.717) is 0 Å². The number of hydrogen-bond donors (Lipinski definition) is 0. The molecule has 5 heteroatoms. The van der Waals surface area contributed by atoms with Crippen LogP contribution < -0.4 is 8.85 Å². The van der Waals surface area contributed by atoms with Crippen LogP contribution in [0.5, 0.6) is 11.5 Å². The third-order valence-electron chi connectivity index (χ3n) is 9.70. The molecule has 3 nitrogen and oxygen atoms in total. The maximum absolute atomic E-state index is 7.54. The first-order valence-corrected chi connectivity index (χ1v) is 21.3. The first-order chi connectivity index (χ1) is 21.9. The summed E-state index contributed by atoms with van der Waals surface area (Å²) < 4.78 is 22.2. The minimum absolute atomic E-state index is 0.857. The van der Waals surface area contributed by atoms with E-state index in [4.69, 9.17) is 13.0 Å². The summed E-state index contributed by atoms with van der Waals surface area (Å²) in [6.07, 6.45) is 1.81. The van der Waals surface area contributed by atoms with Crippen LogP contribution in [-0.2, 0) is 17.0 Å². The molecule has 0 saturated heterocycles. The second kappa shape index (κ2) is 13.0.